The number of hydrogen-bond acceptors (Lipinski definition) is 4. The van der Waals surface area contributed by atoms with E-state index in [0.717, 1.165) is 19.4 Å². The van der Waals surface area contributed by atoms with E-state index < -0.39 is 18.4 Å². The number of hydrogen-bond donors (Lipinski definition) is 1. The number of aliphatic hydroxyl groups is 1. The van der Waals surface area contributed by atoms with E-state index in [1.807, 2.05) is 18.9 Å². The maximum absolute atomic E-state index is 14.0. The summed E-state index contributed by atoms with van der Waals surface area (Å²) in [5.74, 6) is 0.474. The van der Waals surface area contributed by atoms with E-state index in [2.05, 4.69) is 11.9 Å². The largest absolute Gasteiger partial charge is 0.496 e. The number of ether oxygens (including phenoxy) is 2. The van der Waals surface area contributed by atoms with Crippen molar-refractivity contribution < 1.29 is 27.8 Å². The molecule has 2 rings (SSSR count). The monoisotopic (exact) mass is 430 g/mol. The maximum Gasteiger partial charge on any atom is 0.423 e. The van der Waals surface area contributed by atoms with Gasteiger partial charge < -0.3 is 19.5 Å². The van der Waals surface area contributed by atoms with E-state index in [1.54, 1.807) is 13.3 Å². The average Bonchev–Trinajstić information content (AvgIpc) is 2.70. The zero-order valence-electron chi connectivity index (χ0n) is 18.4. The summed E-state index contributed by atoms with van der Waals surface area (Å²) in [6, 6.07) is 2.71. The molecule has 0 spiro atoms. The molecule has 170 valence electrons. The lowest BCUT2D eigenvalue weighted by molar-refractivity contribution is -0.286. The van der Waals surface area contributed by atoms with Crippen LogP contribution in [-0.4, -0.2) is 55.9 Å². The van der Waals surface area contributed by atoms with Crippen molar-refractivity contribution in [3.8, 4) is 5.75 Å². The van der Waals surface area contributed by atoms with Crippen molar-refractivity contribution in [2.75, 3.05) is 27.3 Å². The third-order valence-corrected chi connectivity index (χ3v) is 5.82. The predicted octanol–water partition coefficient (Wildman–Crippen LogP) is 4.96. The van der Waals surface area contributed by atoms with Gasteiger partial charge in [-0.3, -0.25) is 0 Å². The molecule has 0 aliphatic heterocycles. The van der Waals surface area contributed by atoms with Crippen LogP contribution in [0, 0.1) is 12.8 Å². The molecule has 1 fully saturated rings. The van der Waals surface area contributed by atoms with Crippen molar-refractivity contribution in [2.24, 2.45) is 10.9 Å². The van der Waals surface area contributed by atoms with Gasteiger partial charge in [-0.25, -0.2) is 4.99 Å². The Morgan fingerprint density at radius 3 is 2.40 bits per heavy atom. The standard InChI is InChI=1S/C22H33F3N2O3/c1-6-27(4)14-26-19-12-20(29-5)18(11-16(19)3)21(28,22(23,24)25)13-30-17-9-7-15(2)8-10-17/h11-12,14-15,17,28H,6-10,13H2,1-5H3. The number of aliphatic imine (C=N–C) groups is 1. The summed E-state index contributed by atoms with van der Waals surface area (Å²) in [5, 5.41) is 10.8. The predicted molar refractivity (Wildman–Crippen MR) is 112 cm³/mol. The summed E-state index contributed by atoms with van der Waals surface area (Å²) in [6.45, 7) is 5.61. The van der Waals surface area contributed by atoms with Gasteiger partial charge >= 0.3 is 6.18 Å². The van der Waals surface area contributed by atoms with Gasteiger partial charge in [0.2, 0.25) is 5.60 Å². The highest BCUT2D eigenvalue weighted by atomic mass is 19.4. The molecule has 0 heterocycles. The molecule has 0 saturated heterocycles. The fourth-order valence-corrected chi connectivity index (χ4v) is 3.50. The minimum Gasteiger partial charge on any atom is -0.496 e. The van der Waals surface area contributed by atoms with Crippen LogP contribution in [0.2, 0.25) is 0 Å². The first kappa shape index (κ1) is 24.5. The Morgan fingerprint density at radius 2 is 1.87 bits per heavy atom. The van der Waals surface area contributed by atoms with Crippen LogP contribution in [0.25, 0.3) is 0 Å². The average molecular weight is 431 g/mol. The molecule has 5 nitrogen and oxygen atoms in total. The van der Waals surface area contributed by atoms with E-state index in [0.29, 0.717) is 30.0 Å². The second kappa shape index (κ2) is 10.0. The molecule has 0 bridgehead atoms. The molecule has 1 aliphatic rings. The number of benzene rings is 1. The van der Waals surface area contributed by atoms with E-state index in [-0.39, 0.29) is 17.4 Å². The Bertz CT molecular complexity index is 731. The van der Waals surface area contributed by atoms with E-state index in [1.165, 1.54) is 19.2 Å². The minimum atomic E-state index is -4.93. The number of halogens is 3. The summed E-state index contributed by atoms with van der Waals surface area (Å²) in [7, 11) is 3.12. The van der Waals surface area contributed by atoms with Crippen molar-refractivity contribution in [1.29, 1.82) is 0 Å². The van der Waals surface area contributed by atoms with Gasteiger partial charge in [0.15, 0.2) is 0 Å². The zero-order valence-corrected chi connectivity index (χ0v) is 18.4. The highest BCUT2D eigenvalue weighted by Gasteiger charge is 2.57. The highest BCUT2D eigenvalue weighted by molar-refractivity contribution is 5.65. The van der Waals surface area contributed by atoms with Gasteiger partial charge in [-0.1, -0.05) is 6.92 Å². The van der Waals surface area contributed by atoms with Crippen LogP contribution in [0.15, 0.2) is 17.1 Å². The summed E-state index contributed by atoms with van der Waals surface area (Å²) >= 11 is 0. The molecule has 0 radical (unpaired) electrons. The first-order valence-electron chi connectivity index (χ1n) is 10.4. The molecular weight excluding hydrogens is 397 g/mol. The van der Waals surface area contributed by atoms with E-state index >= 15 is 0 Å². The maximum atomic E-state index is 14.0. The Balaban J connectivity index is 2.36. The smallest absolute Gasteiger partial charge is 0.423 e. The molecule has 1 aromatic carbocycles. The van der Waals surface area contributed by atoms with Crippen molar-refractivity contribution in [3.05, 3.63) is 23.3 Å². The van der Waals surface area contributed by atoms with Crippen LogP contribution in [0.1, 0.15) is 50.7 Å². The van der Waals surface area contributed by atoms with Crippen LogP contribution in [0.4, 0.5) is 18.9 Å². The number of aryl methyl sites for hydroxylation is 1. The lowest BCUT2D eigenvalue weighted by Crippen LogP contribution is -2.47. The molecule has 1 aromatic rings. The molecule has 1 saturated carbocycles. The number of methoxy groups -OCH3 is 1. The van der Waals surface area contributed by atoms with Gasteiger partial charge in [0.25, 0.3) is 0 Å². The number of nitrogens with zero attached hydrogens (tertiary/aromatic N) is 2. The Kier molecular flexibility index (Phi) is 8.16. The van der Waals surface area contributed by atoms with Crippen molar-refractivity contribution in [2.45, 2.75) is 64.3 Å². The molecule has 1 atom stereocenters. The quantitative estimate of drug-likeness (QED) is 0.468. The lowest BCUT2D eigenvalue weighted by Gasteiger charge is -2.35. The van der Waals surface area contributed by atoms with E-state index in [4.69, 9.17) is 9.47 Å². The molecule has 30 heavy (non-hydrogen) atoms. The number of rotatable bonds is 8. The van der Waals surface area contributed by atoms with Crippen molar-refractivity contribution in [1.82, 2.24) is 4.90 Å². The first-order chi connectivity index (χ1) is 14.0. The summed E-state index contributed by atoms with van der Waals surface area (Å²) in [5.41, 5.74) is -2.56. The third-order valence-electron chi connectivity index (χ3n) is 5.82. The van der Waals surface area contributed by atoms with Gasteiger partial charge in [-0.05, 0) is 57.1 Å². The van der Waals surface area contributed by atoms with Gasteiger partial charge in [-0.15, -0.1) is 0 Å². The molecule has 1 aliphatic carbocycles. The van der Waals surface area contributed by atoms with Gasteiger partial charge in [-0.2, -0.15) is 13.2 Å². The summed E-state index contributed by atoms with van der Waals surface area (Å²) < 4.78 is 52.9. The molecule has 0 aromatic heterocycles. The van der Waals surface area contributed by atoms with Gasteiger partial charge in [0, 0.05) is 25.2 Å². The van der Waals surface area contributed by atoms with Crippen LogP contribution >= 0.6 is 0 Å². The topological polar surface area (TPSA) is 54.3 Å². The molecule has 1 N–H and O–H groups in total. The minimum absolute atomic E-state index is 0.0763. The summed E-state index contributed by atoms with van der Waals surface area (Å²) in [4.78, 5) is 6.16. The molecule has 1 unspecified atom stereocenters. The van der Waals surface area contributed by atoms with Crippen molar-refractivity contribution >= 4 is 12.0 Å². The zero-order chi connectivity index (χ0) is 22.5. The second-order valence-electron chi connectivity index (χ2n) is 8.21. The highest BCUT2D eigenvalue weighted by Crippen LogP contribution is 2.45. The molecule has 0 amide bonds. The molecular formula is C22H33F3N2O3. The normalized spacial score (nSPS) is 22.2. The summed E-state index contributed by atoms with van der Waals surface area (Å²) in [6.07, 6.45) is -0.386. The van der Waals surface area contributed by atoms with Gasteiger partial charge in [0.05, 0.1) is 31.8 Å². The van der Waals surface area contributed by atoms with Crippen LogP contribution in [0.5, 0.6) is 5.75 Å². The van der Waals surface area contributed by atoms with E-state index in [9.17, 15) is 18.3 Å². The Morgan fingerprint density at radius 1 is 1.23 bits per heavy atom. The van der Waals surface area contributed by atoms with Crippen molar-refractivity contribution in [3.63, 3.8) is 0 Å². The fourth-order valence-electron chi connectivity index (χ4n) is 3.50. The van der Waals surface area contributed by atoms with Gasteiger partial charge in [0.1, 0.15) is 5.75 Å². The van der Waals surface area contributed by atoms with Crippen LogP contribution in [0.3, 0.4) is 0 Å². The van der Waals surface area contributed by atoms with Crippen LogP contribution < -0.4 is 4.74 Å². The van der Waals surface area contributed by atoms with Crippen LogP contribution in [-0.2, 0) is 10.3 Å². The Hall–Kier alpha value is -1.80. The number of alkyl halides is 3. The SMILES string of the molecule is CCN(C)C=Nc1cc(OC)c(C(O)(COC2CCC(C)CC2)C(F)(F)F)cc1C. The molecule has 8 heteroatoms. The lowest BCUT2D eigenvalue weighted by atomic mass is 9.88. The second-order valence-corrected chi connectivity index (χ2v) is 8.21. The first-order valence-corrected chi connectivity index (χ1v) is 10.4. The third kappa shape index (κ3) is 5.66. The Labute approximate surface area is 176 Å². The fraction of sp³-hybridized carbons (Fsp3) is 0.682.